The van der Waals surface area contributed by atoms with Crippen LogP contribution in [-0.4, -0.2) is 30.7 Å². The van der Waals surface area contributed by atoms with Gasteiger partial charge >= 0.3 is 0 Å². The number of carbonyl (C=O) groups excluding carboxylic acids is 1. The molecule has 2 heterocycles. The van der Waals surface area contributed by atoms with Crippen LogP contribution in [0.25, 0.3) is 0 Å². The molecule has 0 aliphatic carbocycles. The van der Waals surface area contributed by atoms with Crippen molar-refractivity contribution in [3.05, 3.63) is 35.4 Å². The number of fused-ring (bicyclic) bond motifs is 3. The molecule has 2 aliphatic rings. The Bertz CT molecular complexity index is 483. The van der Waals surface area contributed by atoms with Gasteiger partial charge in [-0.15, -0.1) is 0 Å². The number of rotatable bonds is 2. The van der Waals surface area contributed by atoms with Crippen LogP contribution in [0.1, 0.15) is 29.6 Å². The van der Waals surface area contributed by atoms with E-state index in [-0.39, 0.29) is 11.9 Å². The van der Waals surface area contributed by atoms with Crippen molar-refractivity contribution >= 4 is 12.2 Å². The molecule has 3 rings (SSSR count). The number of amides is 1. The molecule has 2 atom stereocenters. The van der Waals surface area contributed by atoms with Gasteiger partial charge in [-0.25, -0.2) is 0 Å². The first-order valence-corrected chi connectivity index (χ1v) is 5.88. The molecule has 0 aromatic heterocycles. The topological polar surface area (TPSA) is 44.7 Å². The Morgan fingerprint density at radius 3 is 3.00 bits per heavy atom. The number of aliphatic imine (C=N–C) groups is 1. The van der Waals surface area contributed by atoms with E-state index in [1.807, 2.05) is 12.4 Å². The smallest absolute Gasteiger partial charge is 0.222 e. The van der Waals surface area contributed by atoms with E-state index < -0.39 is 0 Å². The lowest BCUT2D eigenvalue weighted by Gasteiger charge is -2.23. The molecule has 1 N–H and O–H groups in total. The van der Waals surface area contributed by atoms with Crippen molar-refractivity contribution in [2.45, 2.75) is 18.5 Å². The van der Waals surface area contributed by atoms with Gasteiger partial charge in [0.25, 0.3) is 0 Å². The fraction of sp³-hybridized carbons (Fsp3) is 0.385. The lowest BCUT2D eigenvalue weighted by molar-refractivity contribution is -0.121. The third kappa shape index (κ3) is 1.52. The molecule has 0 radical (unpaired) electrons. The molecule has 0 spiro atoms. The molecule has 0 fully saturated rings. The van der Waals surface area contributed by atoms with Crippen molar-refractivity contribution in [1.29, 1.82) is 0 Å². The molecule has 4 nitrogen and oxygen atoms in total. The van der Waals surface area contributed by atoms with Crippen LogP contribution in [0.5, 0.6) is 0 Å². The van der Waals surface area contributed by atoms with Crippen LogP contribution in [0.4, 0.5) is 0 Å². The summed E-state index contributed by atoms with van der Waals surface area (Å²) < 4.78 is 0. The minimum atomic E-state index is 0.0748. The first kappa shape index (κ1) is 10.3. The van der Waals surface area contributed by atoms with Gasteiger partial charge in [0.15, 0.2) is 0 Å². The normalized spacial score (nSPS) is 24.6. The minimum absolute atomic E-state index is 0.0748. The Hall–Kier alpha value is -1.84. The van der Waals surface area contributed by atoms with Gasteiger partial charge in [-0.05, 0) is 11.1 Å². The van der Waals surface area contributed by atoms with E-state index >= 15 is 0 Å². The number of carbonyl (C=O) groups is 1. The number of nitrogens with one attached hydrogen (secondary N) is 1. The van der Waals surface area contributed by atoms with Crippen LogP contribution >= 0.6 is 0 Å². The molecular formula is C13H15N3O. The molecule has 1 aromatic carbocycles. The van der Waals surface area contributed by atoms with E-state index in [9.17, 15) is 4.79 Å². The maximum atomic E-state index is 11.6. The number of nitrogens with zero attached hydrogens (tertiary/aromatic N) is 2. The average Bonchev–Trinajstić information content (AvgIpc) is 2.93. The lowest BCUT2D eigenvalue weighted by Crippen LogP contribution is -2.27. The maximum absolute atomic E-state index is 11.6. The van der Waals surface area contributed by atoms with Crippen LogP contribution < -0.4 is 5.32 Å². The highest BCUT2D eigenvalue weighted by molar-refractivity contribution is 5.78. The first-order chi connectivity index (χ1) is 8.31. The molecule has 88 valence electrons. The quantitative estimate of drug-likeness (QED) is 0.829. The number of benzene rings is 1. The van der Waals surface area contributed by atoms with Crippen molar-refractivity contribution < 1.29 is 4.79 Å². The molecule has 1 amide bonds. The average molecular weight is 229 g/mol. The second-order valence-corrected chi connectivity index (χ2v) is 4.47. The first-order valence-electron chi connectivity index (χ1n) is 5.88. The van der Waals surface area contributed by atoms with Gasteiger partial charge in [-0.1, -0.05) is 24.3 Å². The van der Waals surface area contributed by atoms with Crippen LogP contribution in [0, 0.1) is 0 Å². The summed E-state index contributed by atoms with van der Waals surface area (Å²) in [5.74, 6) is 0.0748. The van der Waals surface area contributed by atoms with Crippen molar-refractivity contribution in [1.82, 2.24) is 10.2 Å². The molecular weight excluding hydrogens is 214 g/mol. The maximum Gasteiger partial charge on any atom is 0.222 e. The largest absolute Gasteiger partial charge is 0.359 e. The lowest BCUT2D eigenvalue weighted by atomic mass is 10.00. The number of hydrogen-bond acceptors (Lipinski definition) is 3. The highest BCUT2D eigenvalue weighted by Crippen LogP contribution is 2.44. The molecule has 4 heteroatoms. The summed E-state index contributed by atoms with van der Waals surface area (Å²) in [5.41, 5.74) is 2.59. The SMILES string of the molecule is CNC(=O)CC1c2ccccc2C2CN=CN21. The van der Waals surface area contributed by atoms with E-state index in [0.717, 1.165) is 6.54 Å². The van der Waals surface area contributed by atoms with Crippen LogP contribution in [0.3, 0.4) is 0 Å². The second kappa shape index (κ2) is 3.87. The van der Waals surface area contributed by atoms with Crippen molar-refractivity contribution in [3.8, 4) is 0 Å². The Kier molecular flexibility index (Phi) is 2.35. The van der Waals surface area contributed by atoms with Gasteiger partial charge in [-0.3, -0.25) is 9.79 Å². The molecule has 2 unspecified atom stereocenters. The molecule has 1 aromatic rings. The summed E-state index contributed by atoms with van der Waals surface area (Å²) >= 11 is 0. The van der Waals surface area contributed by atoms with Crippen LogP contribution in [-0.2, 0) is 4.79 Å². The third-order valence-corrected chi connectivity index (χ3v) is 3.58. The summed E-state index contributed by atoms with van der Waals surface area (Å²) in [5, 5.41) is 2.69. The molecule has 2 aliphatic heterocycles. The summed E-state index contributed by atoms with van der Waals surface area (Å²) in [6.07, 6.45) is 2.38. The van der Waals surface area contributed by atoms with Gasteiger partial charge in [0.05, 0.1) is 31.4 Å². The van der Waals surface area contributed by atoms with Crippen LogP contribution in [0.2, 0.25) is 0 Å². The standard InChI is InChI=1S/C13H15N3O/c1-14-13(17)6-11-9-4-2-3-5-10(9)12-7-15-8-16(11)12/h2-5,8,11-12H,6-7H2,1H3,(H,14,17). The van der Waals surface area contributed by atoms with Crippen LogP contribution in [0.15, 0.2) is 29.3 Å². The van der Waals surface area contributed by atoms with Crippen molar-refractivity contribution in [2.75, 3.05) is 13.6 Å². The summed E-state index contributed by atoms with van der Waals surface area (Å²) in [7, 11) is 1.68. The van der Waals surface area contributed by atoms with E-state index in [4.69, 9.17) is 0 Å². The van der Waals surface area contributed by atoms with E-state index in [1.165, 1.54) is 11.1 Å². The fourth-order valence-electron chi connectivity index (χ4n) is 2.74. The second-order valence-electron chi connectivity index (χ2n) is 4.47. The zero-order valence-electron chi connectivity index (χ0n) is 9.76. The zero-order chi connectivity index (χ0) is 11.8. The predicted molar refractivity (Wildman–Crippen MR) is 65.8 cm³/mol. The monoisotopic (exact) mass is 229 g/mol. The van der Waals surface area contributed by atoms with Gasteiger partial charge in [0.2, 0.25) is 5.91 Å². The Morgan fingerprint density at radius 2 is 2.24 bits per heavy atom. The molecule has 17 heavy (non-hydrogen) atoms. The van der Waals surface area contributed by atoms with Crippen molar-refractivity contribution in [2.24, 2.45) is 4.99 Å². The van der Waals surface area contributed by atoms with Gasteiger partial charge in [0, 0.05) is 7.05 Å². The molecule has 0 saturated carbocycles. The molecule has 0 bridgehead atoms. The zero-order valence-corrected chi connectivity index (χ0v) is 9.76. The van der Waals surface area contributed by atoms with E-state index in [2.05, 4.69) is 33.4 Å². The van der Waals surface area contributed by atoms with Gasteiger partial charge in [-0.2, -0.15) is 0 Å². The molecule has 0 saturated heterocycles. The summed E-state index contributed by atoms with van der Waals surface area (Å²) in [6.45, 7) is 0.807. The summed E-state index contributed by atoms with van der Waals surface area (Å²) in [4.78, 5) is 18.1. The summed E-state index contributed by atoms with van der Waals surface area (Å²) in [6, 6.07) is 8.83. The van der Waals surface area contributed by atoms with Crippen molar-refractivity contribution in [3.63, 3.8) is 0 Å². The fourth-order valence-corrected chi connectivity index (χ4v) is 2.74. The van der Waals surface area contributed by atoms with E-state index in [1.54, 1.807) is 7.05 Å². The minimum Gasteiger partial charge on any atom is -0.359 e. The Labute approximate surface area is 100 Å². The van der Waals surface area contributed by atoms with E-state index in [0.29, 0.717) is 12.5 Å². The predicted octanol–water partition coefficient (Wildman–Crippen LogP) is 1.26. The Balaban J connectivity index is 1.96. The highest BCUT2D eigenvalue weighted by Gasteiger charge is 2.39. The third-order valence-electron chi connectivity index (χ3n) is 3.58. The number of hydrogen-bond donors (Lipinski definition) is 1. The highest BCUT2D eigenvalue weighted by atomic mass is 16.1. The Morgan fingerprint density at radius 1 is 1.47 bits per heavy atom. The van der Waals surface area contributed by atoms with Gasteiger partial charge in [0.1, 0.15) is 0 Å². The van der Waals surface area contributed by atoms with Gasteiger partial charge < -0.3 is 10.2 Å².